The Hall–Kier alpha value is -2.56. The Morgan fingerprint density at radius 3 is 2.62 bits per heavy atom. The van der Waals surface area contributed by atoms with Gasteiger partial charge >= 0.3 is 5.97 Å². The molecule has 1 fully saturated rings. The lowest BCUT2D eigenvalue weighted by Crippen LogP contribution is -2.29. The SMILES string of the molecule is O=C(O)[C@@H]1CC(=O)N(Cc2ccccc2)[C@H]1c1ccco1. The van der Waals surface area contributed by atoms with E-state index in [1.54, 1.807) is 17.0 Å². The van der Waals surface area contributed by atoms with Crippen LogP contribution in [0.25, 0.3) is 0 Å². The number of nitrogens with zero attached hydrogens (tertiary/aromatic N) is 1. The fourth-order valence-electron chi connectivity index (χ4n) is 2.79. The van der Waals surface area contributed by atoms with E-state index < -0.39 is 17.9 Å². The number of furan rings is 1. The second kappa shape index (κ2) is 5.44. The molecule has 1 aliphatic rings. The molecule has 2 heterocycles. The third kappa shape index (κ3) is 2.54. The average molecular weight is 285 g/mol. The number of aliphatic carboxylic acids is 1. The van der Waals surface area contributed by atoms with Crippen LogP contribution >= 0.6 is 0 Å². The molecule has 1 amide bonds. The third-order valence-corrected chi connectivity index (χ3v) is 3.78. The van der Waals surface area contributed by atoms with Crippen molar-refractivity contribution in [1.29, 1.82) is 0 Å². The van der Waals surface area contributed by atoms with E-state index >= 15 is 0 Å². The van der Waals surface area contributed by atoms with Crippen LogP contribution in [-0.4, -0.2) is 21.9 Å². The zero-order valence-electron chi connectivity index (χ0n) is 11.3. The summed E-state index contributed by atoms with van der Waals surface area (Å²) in [7, 11) is 0. The molecule has 108 valence electrons. The zero-order chi connectivity index (χ0) is 14.8. The molecule has 21 heavy (non-hydrogen) atoms. The minimum Gasteiger partial charge on any atom is -0.481 e. The standard InChI is InChI=1S/C16H15NO4/c18-14-9-12(16(19)20)15(13-7-4-8-21-13)17(14)10-11-5-2-1-3-6-11/h1-8,12,15H,9-10H2,(H,19,20)/t12-,15-/m1/s1. The summed E-state index contributed by atoms with van der Waals surface area (Å²) in [6.45, 7) is 0.384. The van der Waals surface area contributed by atoms with Gasteiger partial charge < -0.3 is 14.4 Å². The van der Waals surface area contributed by atoms with E-state index in [1.165, 1.54) is 6.26 Å². The number of hydrogen-bond donors (Lipinski definition) is 1. The highest BCUT2D eigenvalue weighted by Crippen LogP contribution is 2.39. The van der Waals surface area contributed by atoms with Crippen molar-refractivity contribution < 1.29 is 19.1 Å². The molecule has 5 heteroatoms. The van der Waals surface area contributed by atoms with Gasteiger partial charge in [0.25, 0.3) is 0 Å². The lowest BCUT2D eigenvalue weighted by molar-refractivity contribution is -0.143. The van der Waals surface area contributed by atoms with Crippen LogP contribution in [0.4, 0.5) is 0 Å². The number of benzene rings is 1. The molecule has 1 aromatic carbocycles. The lowest BCUT2D eigenvalue weighted by atomic mass is 9.98. The fraction of sp³-hybridized carbons (Fsp3) is 0.250. The maximum atomic E-state index is 12.2. The molecule has 0 radical (unpaired) electrons. The van der Waals surface area contributed by atoms with E-state index in [2.05, 4.69) is 0 Å². The van der Waals surface area contributed by atoms with Crippen LogP contribution in [0, 0.1) is 5.92 Å². The maximum Gasteiger partial charge on any atom is 0.309 e. The molecule has 0 spiro atoms. The molecule has 0 aliphatic carbocycles. The van der Waals surface area contributed by atoms with Crippen molar-refractivity contribution >= 4 is 11.9 Å². The van der Waals surface area contributed by atoms with Crippen molar-refractivity contribution in [3.8, 4) is 0 Å². The molecule has 3 rings (SSSR count). The number of carboxylic acid groups (broad SMARTS) is 1. The molecule has 1 aromatic heterocycles. The molecule has 2 aromatic rings. The summed E-state index contributed by atoms with van der Waals surface area (Å²) < 4.78 is 5.36. The van der Waals surface area contributed by atoms with Gasteiger partial charge in [0, 0.05) is 13.0 Å². The molecule has 2 atom stereocenters. The van der Waals surface area contributed by atoms with Gasteiger partial charge in [-0.3, -0.25) is 9.59 Å². The summed E-state index contributed by atoms with van der Waals surface area (Å²) in [5.41, 5.74) is 0.966. The zero-order valence-corrected chi connectivity index (χ0v) is 11.3. The van der Waals surface area contributed by atoms with E-state index in [0.29, 0.717) is 12.3 Å². The summed E-state index contributed by atoms with van der Waals surface area (Å²) in [6, 6.07) is 12.4. The Kier molecular flexibility index (Phi) is 3.48. The number of likely N-dealkylation sites (tertiary alicyclic amines) is 1. The Labute approximate surface area is 121 Å². The highest BCUT2D eigenvalue weighted by molar-refractivity contribution is 5.87. The van der Waals surface area contributed by atoms with Gasteiger partial charge in [0.15, 0.2) is 0 Å². The van der Waals surface area contributed by atoms with Crippen LogP contribution in [0.15, 0.2) is 53.1 Å². The fourth-order valence-corrected chi connectivity index (χ4v) is 2.79. The molecular formula is C16H15NO4. The van der Waals surface area contributed by atoms with Gasteiger partial charge in [-0.1, -0.05) is 30.3 Å². The quantitative estimate of drug-likeness (QED) is 0.936. The number of carbonyl (C=O) groups excluding carboxylic acids is 1. The summed E-state index contributed by atoms with van der Waals surface area (Å²) in [5.74, 6) is -1.38. The Bertz CT molecular complexity index is 636. The van der Waals surface area contributed by atoms with Crippen LogP contribution < -0.4 is 0 Å². The predicted molar refractivity (Wildman–Crippen MR) is 74.2 cm³/mol. The molecule has 0 unspecified atom stereocenters. The Balaban J connectivity index is 1.93. The smallest absolute Gasteiger partial charge is 0.309 e. The number of carboxylic acids is 1. The van der Waals surface area contributed by atoms with Gasteiger partial charge in [-0.25, -0.2) is 0 Å². The van der Waals surface area contributed by atoms with E-state index in [4.69, 9.17) is 4.42 Å². The van der Waals surface area contributed by atoms with Crippen LogP contribution in [0.5, 0.6) is 0 Å². The largest absolute Gasteiger partial charge is 0.481 e. The van der Waals surface area contributed by atoms with Crippen molar-refractivity contribution in [3.63, 3.8) is 0 Å². The molecular weight excluding hydrogens is 270 g/mol. The van der Waals surface area contributed by atoms with Crippen molar-refractivity contribution in [1.82, 2.24) is 4.90 Å². The molecule has 0 bridgehead atoms. The first kappa shape index (κ1) is 13.4. The second-order valence-electron chi connectivity index (χ2n) is 5.12. The van der Waals surface area contributed by atoms with Gasteiger partial charge in [0.1, 0.15) is 11.8 Å². The van der Waals surface area contributed by atoms with Crippen molar-refractivity contribution in [2.24, 2.45) is 5.92 Å². The minimum atomic E-state index is -0.972. The minimum absolute atomic E-state index is 0.00747. The topological polar surface area (TPSA) is 70.8 Å². The van der Waals surface area contributed by atoms with Crippen LogP contribution in [0.3, 0.4) is 0 Å². The maximum absolute atomic E-state index is 12.2. The predicted octanol–water partition coefficient (Wildman–Crippen LogP) is 2.45. The molecule has 1 aliphatic heterocycles. The number of rotatable bonds is 4. The molecule has 5 nitrogen and oxygen atoms in total. The Morgan fingerprint density at radius 2 is 2.00 bits per heavy atom. The van der Waals surface area contributed by atoms with E-state index in [1.807, 2.05) is 30.3 Å². The molecule has 0 saturated carbocycles. The monoisotopic (exact) mass is 285 g/mol. The van der Waals surface area contributed by atoms with E-state index in [0.717, 1.165) is 5.56 Å². The van der Waals surface area contributed by atoms with E-state index in [-0.39, 0.29) is 12.3 Å². The van der Waals surface area contributed by atoms with Gasteiger partial charge in [0.05, 0.1) is 12.2 Å². The lowest BCUT2D eigenvalue weighted by Gasteiger charge is -2.25. The van der Waals surface area contributed by atoms with Gasteiger partial charge in [-0.15, -0.1) is 0 Å². The van der Waals surface area contributed by atoms with Crippen LogP contribution in [-0.2, 0) is 16.1 Å². The first-order valence-corrected chi connectivity index (χ1v) is 6.76. The first-order valence-electron chi connectivity index (χ1n) is 6.76. The van der Waals surface area contributed by atoms with Crippen molar-refractivity contribution in [2.45, 2.75) is 19.0 Å². The number of hydrogen-bond acceptors (Lipinski definition) is 3. The Morgan fingerprint density at radius 1 is 1.24 bits per heavy atom. The van der Waals surface area contributed by atoms with Crippen molar-refractivity contribution in [3.05, 3.63) is 60.1 Å². The van der Waals surface area contributed by atoms with Crippen LogP contribution in [0.1, 0.15) is 23.8 Å². The third-order valence-electron chi connectivity index (χ3n) is 3.78. The highest BCUT2D eigenvalue weighted by atomic mass is 16.4. The first-order chi connectivity index (χ1) is 10.2. The summed E-state index contributed by atoms with van der Waals surface area (Å²) >= 11 is 0. The van der Waals surface area contributed by atoms with Crippen LogP contribution in [0.2, 0.25) is 0 Å². The second-order valence-corrected chi connectivity index (χ2v) is 5.12. The average Bonchev–Trinajstić information content (AvgIpc) is 3.09. The van der Waals surface area contributed by atoms with Crippen molar-refractivity contribution in [2.75, 3.05) is 0 Å². The molecule has 1 N–H and O–H groups in total. The van der Waals surface area contributed by atoms with Gasteiger partial charge in [-0.05, 0) is 17.7 Å². The number of carbonyl (C=O) groups is 2. The normalized spacial score (nSPS) is 21.7. The number of amides is 1. The summed E-state index contributed by atoms with van der Waals surface area (Å²) in [4.78, 5) is 25.2. The highest BCUT2D eigenvalue weighted by Gasteiger charge is 2.45. The molecule has 1 saturated heterocycles. The van der Waals surface area contributed by atoms with Gasteiger partial charge in [-0.2, -0.15) is 0 Å². The van der Waals surface area contributed by atoms with Gasteiger partial charge in [0.2, 0.25) is 5.91 Å². The summed E-state index contributed by atoms with van der Waals surface area (Å²) in [6.07, 6.45) is 1.51. The van der Waals surface area contributed by atoms with E-state index in [9.17, 15) is 14.7 Å². The summed E-state index contributed by atoms with van der Waals surface area (Å²) in [5, 5.41) is 9.36.